The van der Waals surface area contributed by atoms with Crippen LogP contribution in [-0.2, 0) is 13.0 Å². The third-order valence-corrected chi connectivity index (χ3v) is 5.80. The van der Waals surface area contributed by atoms with Crippen molar-refractivity contribution in [3.8, 4) is 0 Å². The molecule has 0 aliphatic carbocycles. The molecule has 4 heterocycles. The van der Waals surface area contributed by atoms with Gasteiger partial charge in [0.05, 0.1) is 23.7 Å². The number of rotatable bonds is 6. The second-order valence-electron chi connectivity index (χ2n) is 7.75. The van der Waals surface area contributed by atoms with E-state index in [4.69, 9.17) is 4.42 Å². The smallest absolute Gasteiger partial charge is 0.251 e. The molecule has 3 aromatic heterocycles. The highest BCUT2D eigenvalue weighted by Crippen LogP contribution is 2.17. The van der Waals surface area contributed by atoms with E-state index in [9.17, 15) is 14.4 Å². The van der Waals surface area contributed by atoms with Gasteiger partial charge in [-0.15, -0.1) is 0 Å². The van der Waals surface area contributed by atoms with Gasteiger partial charge >= 0.3 is 0 Å². The Morgan fingerprint density at radius 3 is 2.55 bits per heavy atom. The van der Waals surface area contributed by atoms with Crippen molar-refractivity contribution < 1.29 is 9.21 Å². The largest absolute Gasteiger partial charge is 0.462 e. The van der Waals surface area contributed by atoms with Crippen molar-refractivity contribution in [3.05, 3.63) is 68.1 Å². The predicted molar refractivity (Wildman–Crippen MR) is 119 cm³/mol. The molecular weight excluding hydrogens is 396 g/mol. The molecule has 1 aliphatic rings. The first-order valence-corrected chi connectivity index (χ1v) is 10.6. The van der Waals surface area contributed by atoms with E-state index in [1.807, 2.05) is 19.9 Å². The average Bonchev–Trinajstić information content (AvgIpc) is 2.81. The molecule has 1 saturated heterocycles. The molecule has 8 heteroatoms. The fourth-order valence-corrected chi connectivity index (χ4v) is 3.86. The summed E-state index contributed by atoms with van der Waals surface area (Å²) in [6.45, 7) is 7.31. The van der Waals surface area contributed by atoms with E-state index in [0.29, 0.717) is 41.8 Å². The minimum atomic E-state index is -0.242. The normalized spacial score (nSPS) is 14.8. The number of piperazine rings is 1. The maximum absolute atomic E-state index is 12.8. The lowest BCUT2D eigenvalue weighted by Crippen LogP contribution is -2.46. The number of nitrogens with one attached hydrogen (secondary N) is 1. The Labute approximate surface area is 179 Å². The van der Waals surface area contributed by atoms with Crippen molar-refractivity contribution in [1.82, 2.24) is 14.9 Å². The lowest BCUT2D eigenvalue weighted by atomic mass is 10.1. The topological polar surface area (TPSA) is 99.5 Å². The molecule has 31 heavy (non-hydrogen) atoms. The summed E-state index contributed by atoms with van der Waals surface area (Å²) in [5.41, 5.74) is 2.82. The Bertz CT molecular complexity index is 1200. The van der Waals surface area contributed by atoms with Crippen LogP contribution in [0.5, 0.6) is 0 Å². The molecule has 3 aromatic rings. The van der Waals surface area contributed by atoms with Crippen molar-refractivity contribution >= 4 is 22.6 Å². The number of carbonyl (C=O) groups excluding carboxylic acids is 1. The number of ketones is 1. The van der Waals surface area contributed by atoms with Crippen LogP contribution in [0.1, 0.15) is 41.9 Å². The summed E-state index contributed by atoms with van der Waals surface area (Å²) < 4.78 is 5.65. The van der Waals surface area contributed by atoms with E-state index in [2.05, 4.69) is 19.8 Å². The number of aromatic nitrogens is 2. The zero-order valence-corrected chi connectivity index (χ0v) is 17.8. The van der Waals surface area contributed by atoms with Crippen molar-refractivity contribution in [3.63, 3.8) is 0 Å². The van der Waals surface area contributed by atoms with Gasteiger partial charge < -0.3 is 14.3 Å². The Balaban J connectivity index is 1.43. The maximum atomic E-state index is 12.8. The molecule has 0 aromatic carbocycles. The van der Waals surface area contributed by atoms with Crippen molar-refractivity contribution in [1.29, 1.82) is 0 Å². The third-order valence-electron chi connectivity index (χ3n) is 5.80. The number of carbonyl (C=O) groups is 1. The van der Waals surface area contributed by atoms with Crippen LogP contribution in [0.4, 0.5) is 5.69 Å². The van der Waals surface area contributed by atoms with Crippen LogP contribution in [0.3, 0.4) is 0 Å². The lowest BCUT2D eigenvalue weighted by molar-refractivity contribution is 0.0983. The average molecular weight is 422 g/mol. The molecule has 1 N–H and O–H groups in total. The van der Waals surface area contributed by atoms with E-state index in [1.165, 1.54) is 6.26 Å². The van der Waals surface area contributed by atoms with Gasteiger partial charge in [0.25, 0.3) is 5.56 Å². The minimum absolute atomic E-state index is 0.0397. The molecule has 0 spiro atoms. The summed E-state index contributed by atoms with van der Waals surface area (Å²) in [5, 5.41) is 0. The summed E-state index contributed by atoms with van der Waals surface area (Å²) in [4.78, 5) is 48.1. The number of aryl methyl sites for hydroxylation is 1. The lowest BCUT2D eigenvalue weighted by Gasteiger charge is -2.35. The fraction of sp³-hybridized carbons (Fsp3) is 0.391. The molecule has 4 rings (SSSR count). The van der Waals surface area contributed by atoms with E-state index in [1.54, 1.807) is 18.3 Å². The summed E-state index contributed by atoms with van der Waals surface area (Å²) in [7, 11) is 0. The fourth-order valence-electron chi connectivity index (χ4n) is 3.86. The molecule has 162 valence electrons. The second-order valence-corrected chi connectivity index (χ2v) is 7.75. The molecule has 0 saturated carbocycles. The zero-order chi connectivity index (χ0) is 22.0. The molecular formula is C23H26N4O4. The van der Waals surface area contributed by atoms with E-state index in [-0.39, 0.29) is 22.3 Å². The molecule has 0 atom stereocenters. The first kappa shape index (κ1) is 21.0. The molecule has 0 amide bonds. The van der Waals surface area contributed by atoms with Gasteiger partial charge in [-0.1, -0.05) is 13.8 Å². The highest BCUT2D eigenvalue weighted by molar-refractivity contribution is 5.94. The Hall–Kier alpha value is -3.26. The van der Waals surface area contributed by atoms with Crippen molar-refractivity contribution in [2.24, 2.45) is 0 Å². The van der Waals surface area contributed by atoms with Gasteiger partial charge in [-0.05, 0) is 24.6 Å². The van der Waals surface area contributed by atoms with Crippen LogP contribution in [0.2, 0.25) is 0 Å². The Kier molecular flexibility index (Phi) is 5.99. The van der Waals surface area contributed by atoms with Gasteiger partial charge in [-0.3, -0.25) is 24.3 Å². The van der Waals surface area contributed by atoms with Crippen LogP contribution < -0.4 is 15.9 Å². The number of hydrogen-bond donors (Lipinski definition) is 1. The summed E-state index contributed by atoms with van der Waals surface area (Å²) in [5.74, 6) is 0.0397. The number of aromatic amines is 1. The minimum Gasteiger partial charge on any atom is -0.462 e. The van der Waals surface area contributed by atoms with Gasteiger partial charge in [0, 0.05) is 44.7 Å². The number of pyridine rings is 2. The Morgan fingerprint density at radius 1 is 1.13 bits per heavy atom. The standard InChI is InChI=1S/C23H26N4O4/c1-3-15-11-20-21(25-23(15)30)22(29)16(14-31-20)13-26-7-9-27(10-8-26)17-5-6-18(24-12-17)19(28)4-2/h5-6,11-12,14H,3-4,7-10,13H2,1-2H3,(H,25,30). The molecule has 1 aliphatic heterocycles. The maximum Gasteiger partial charge on any atom is 0.251 e. The van der Waals surface area contributed by atoms with Gasteiger partial charge in [-0.2, -0.15) is 0 Å². The number of hydrogen-bond acceptors (Lipinski definition) is 7. The monoisotopic (exact) mass is 422 g/mol. The van der Waals surface area contributed by atoms with E-state index >= 15 is 0 Å². The Morgan fingerprint density at radius 2 is 1.90 bits per heavy atom. The van der Waals surface area contributed by atoms with Crippen LogP contribution in [0, 0.1) is 0 Å². The quantitative estimate of drug-likeness (QED) is 0.609. The van der Waals surface area contributed by atoms with Gasteiger partial charge in [0.15, 0.2) is 11.4 Å². The first-order chi connectivity index (χ1) is 15.0. The van der Waals surface area contributed by atoms with E-state index in [0.717, 1.165) is 31.9 Å². The highest BCUT2D eigenvalue weighted by Gasteiger charge is 2.20. The van der Waals surface area contributed by atoms with Crippen LogP contribution >= 0.6 is 0 Å². The van der Waals surface area contributed by atoms with Gasteiger partial charge in [0.2, 0.25) is 5.43 Å². The summed E-state index contributed by atoms with van der Waals surface area (Å²) >= 11 is 0. The molecule has 1 fully saturated rings. The van der Waals surface area contributed by atoms with E-state index < -0.39 is 0 Å². The predicted octanol–water partition coefficient (Wildman–Crippen LogP) is 2.35. The highest BCUT2D eigenvalue weighted by atomic mass is 16.3. The van der Waals surface area contributed by atoms with Gasteiger partial charge in [0.1, 0.15) is 11.2 Å². The van der Waals surface area contributed by atoms with Crippen LogP contribution in [0.25, 0.3) is 11.1 Å². The third kappa shape index (κ3) is 4.29. The molecule has 0 radical (unpaired) electrons. The zero-order valence-electron chi connectivity index (χ0n) is 17.8. The van der Waals surface area contributed by atoms with Crippen molar-refractivity contribution in [2.45, 2.75) is 33.2 Å². The number of nitrogens with zero attached hydrogens (tertiary/aromatic N) is 3. The van der Waals surface area contributed by atoms with Crippen LogP contribution in [0.15, 0.2) is 44.7 Å². The molecule has 8 nitrogen and oxygen atoms in total. The SMILES string of the molecule is CCC(=O)c1ccc(N2CCN(Cc3coc4cc(CC)c(=O)[nH]c4c3=O)CC2)cn1. The first-order valence-electron chi connectivity index (χ1n) is 10.6. The number of H-pyrrole nitrogens is 1. The van der Waals surface area contributed by atoms with Crippen molar-refractivity contribution in [2.75, 3.05) is 31.1 Å². The van der Waals surface area contributed by atoms with Crippen LogP contribution in [-0.4, -0.2) is 46.8 Å². The molecule has 0 bridgehead atoms. The van der Waals surface area contributed by atoms with Gasteiger partial charge in [-0.25, -0.2) is 0 Å². The number of Topliss-reactive ketones (excluding diaryl/α,β-unsaturated/α-hetero) is 1. The number of anilines is 1. The second kappa shape index (κ2) is 8.85. The summed E-state index contributed by atoms with van der Waals surface area (Å²) in [6, 6.07) is 5.36. The molecule has 0 unspecified atom stereocenters. The number of fused-ring (bicyclic) bond motifs is 1. The summed E-state index contributed by atoms with van der Waals surface area (Å²) in [6.07, 6.45) is 4.27.